The van der Waals surface area contributed by atoms with Gasteiger partial charge in [-0.25, -0.2) is 0 Å². The molecule has 1 aliphatic carbocycles. The predicted octanol–water partition coefficient (Wildman–Crippen LogP) is 14.8. The molecule has 0 saturated carbocycles. The number of rotatable bonds is 3. The van der Waals surface area contributed by atoms with E-state index >= 15 is 0 Å². The zero-order chi connectivity index (χ0) is 35.3. The van der Waals surface area contributed by atoms with Crippen LogP contribution in [0, 0.1) is 0 Å². The molecular weight excluding hydrogens is 637 g/mol. The third kappa shape index (κ3) is 4.36. The third-order valence-corrected chi connectivity index (χ3v) is 12.0. The molecular formula is C53H36. The highest BCUT2D eigenvalue weighted by atomic mass is 14.4. The van der Waals surface area contributed by atoms with Crippen LogP contribution in [0.2, 0.25) is 0 Å². The second kappa shape index (κ2) is 11.2. The summed E-state index contributed by atoms with van der Waals surface area (Å²) >= 11 is 0. The van der Waals surface area contributed by atoms with Gasteiger partial charge in [0.25, 0.3) is 0 Å². The third-order valence-electron chi connectivity index (χ3n) is 12.0. The monoisotopic (exact) mass is 672 g/mol. The lowest BCUT2D eigenvalue weighted by molar-refractivity contribution is 0.666. The van der Waals surface area contributed by atoms with Gasteiger partial charge < -0.3 is 0 Å². The minimum atomic E-state index is -0.0991. The average molecular weight is 673 g/mol. The van der Waals surface area contributed by atoms with E-state index in [4.69, 9.17) is 0 Å². The summed E-state index contributed by atoms with van der Waals surface area (Å²) in [4.78, 5) is 0. The molecule has 0 nitrogen and oxygen atoms in total. The highest BCUT2D eigenvalue weighted by Gasteiger charge is 2.38. The van der Waals surface area contributed by atoms with E-state index < -0.39 is 0 Å². The zero-order valence-electron chi connectivity index (χ0n) is 29.8. The first-order valence-corrected chi connectivity index (χ1v) is 18.7. The largest absolute Gasteiger partial charge is 0.0619 e. The molecule has 0 radical (unpaired) electrons. The summed E-state index contributed by atoms with van der Waals surface area (Å²) in [5.74, 6) is 0. The molecule has 10 aromatic carbocycles. The lowest BCUT2D eigenvalue weighted by atomic mass is 9.78. The second-order valence-electron chi connectivity index (χ2n) is 15.2. The maximum absolute atomic E-state index is 2.48. The van der Waals surface area contributed by atoms with Gasteiger partial charge in [-0.3, -0.25) is 0 Å². The molecule has 0 bridgehead atoms. The summed E-state index contributed by atoms with van der Waals surface area (Å²) < 4.78 is 0. The molecule has 0 heteroatoms. The van der Waals surface area contributed by atoms with E-state index in [0.29, 0.717) is 0 Å². The first-order chi connectivity index (χ1) is 26.1. The summed E-state index contributed by atoms with van der Waals surface area (Å²) in [5, 5.41) is 12.9. The molecule has 1 aliphatic rings. The maximum Gasteiger partial charge on any atom is 0.0165 e. The Kier molecular flexibility index (Phi) is 6.40. The van der Waals surface area contributed by atoms with Gasteiger partial charge in [-0.1, -0.05) is 178 Å². The fourth-order valence-electron chi connectivity index (χ4n) is 9.63. The summed E-state index contributed by atoms with van der Waals surface area (Å²) in [5.41, 5.74) is 13.0. The van der Waals surface area contributed by atoms with Crippen molar-refractivity contribution in [1.29, 1.82) is 0 Å². The Labute approximate surface area is 309 Å². The van der Waals surface area contributed by atoms with Crippen LogP contribution in [-0.2, 0) is 5.41 Å². The standard InChI is InChI=1S/C53H36/c1-53(2)48-25-12-11-24-46(48)51-40-19-6-5-18-39(40)47-32-38(28-29-45(47)52(51)53)50-43-22-9-7-20-41(43)49(42-21-8-10-23-44(42)50)37-17-13-16-35(31-37)36-27-26-33-14-3-4-15-34(33)30-36/h3-32H,1-2H3. The van der Waals surface area contributed by atoms with Crippen molar-refractivity contribution in [2.75, 3.05) is 0 Å². The number of hydrogen-bond donors (Lipinski definition) is 0. The molecule has 0 spiro atoms. The van der Waals surface area contributed by atoms with Crippen molar-refractivity contribution in [3.05, 3.63) is 193 Å². The first-order valence-electron chi connectivity index (χ1n) is 18.7. The highest BCUT2D eigenvalue weighted by molar-refractivity contribution is 6.24. The van der Waals surface area contributed by atoms with Gasteiger partial charge in [-0.15, -0.1) is 0 Å². The normalized spacial score (nSPS) is 13.2. The van der Waals surface area contributed by atoms with E-state index in [1.807, 2.05) is 0 Å². The van der Waals surface area contributed by atoms with Crippen molar-refractivity contribution in [2.24, 2.45) is 0 Å². The van der Waals surface area contributed by atoms with Crippen LogP contribution in [-0.4, -0.2) is 0 Å². The molecule has 0 saturated heterocycles. The van der Waals surface area contributed by atoms with Gasteiger partial charge in [-0.05, 0) is 128 Å². The molecule has 11 rings (SSSR count). The Bertz CT molecular complexity index is 3080. The fraction of sp³-hybridized carbons (Fsp3) is 0.0566. The van der Waals surface area contributed by atoms with Crippen molar-refractivity contribution < 1.29 is 0 Å². The fourth-order valence-corrected chi connectivity index (χ4v) is 9.63. The van der Waals surface area contributed by atoms with Crippen LogP contribution in [0.15, 0.2) is 182 Å². The smallest absolute Gasteiger partial charge is 0.0165 e. The number of benzene rings is 10. The van der Waals surface area contributed by atoms with Gasteiger partial charge in [0.15, 0.2) is 0 Å². The molecule has 53 heavy (non-hydrogen) atoms. The number of fused-ring (bicyclic) bond motifs is 11. The van der Waals surface area contributed by atoms with Crippen LogP contribution in [0.4, 0.5) is 0 Å². The van der Waals surface area contributed by atoms with E-state index in [-0.39, 0.29) is 5.41 Å². The van der Waals surface area contributed by atoms with Gasteiger partial charge in [0.05, 0.1) is 0 Å². The molecule has 0 N–H and O–H groups in total. The summed E-state index contributed by atoms with van der Waals surface area (Å²) in [7, 11) is 0. The molecule has 0 atom stereocenters. The molecule has 0 unspecified atom stereocenters. The molecule has 248 valence electrons. The molecule has 10 aromatic rings. The van der Waals surface area contributed by atoms with Crippen molar-refractivity contribution in [3.63, 3.8) is 0 Å². The molecule has 0 amide bonds. The Balaban J connectivity index is 1.16. The predicted molar refractivity (Wildman–Crippen MR) is 228 cm³/mol. The highest BCUT2D eigenvalue weighted by Crippen LogP contribution is 2.55. The molecule has 0 aromatic heterocycles. The van der Waals surface area contributed by atoms with Crippen molar-refractivity contribution >= 4 is 53.9 Å². The van der Waals surface area contributed by atoms with Gasteiger partial charge in [-0.2, -0.15) is 0 Å². The van der Waals surface area contributed by atoms with Gasteiger partial charge in [0.2, 0.25) is 0 Å². The Morgan fingerprint density at radius 2 is 0.811 bits per heavy atom. The summed E-state index contributed by atoms with van der Waals surface area (Å²) in [6.07, 6.45) is 0. The van der Waals surface area contributed by atoms with Gasteiger partial charge in [0.1, 0.15) is 0 Å². The van der Waals surface area contributed by atoms with Crippen LogP contribution < -0.4 is 0 Å². The van der Waals surface area contributed by atoms with Gasteiger partial charge in [0, 0.05) is 5.41 Å². The maximum atomic E-state index is 2.48. The Morgan fingerprint density at radius 3 is 1.51 bits per heavy atom. The van der Waals surface area contributed by atoms with Crippen LogP contribution in [0.3, 0.4) is 0 Å². The zero-order valence-corrected chi connectivity index (χ0v) is 29.8. The minimum absolute atomic E-state index is 0.0991. The van der Waals surface area contributed by atoms with Crippen LogP contribution in [0.25, 0.3) is 98.4 Å². The topological polar surface area (TPSA) is 0 Å². The molecule has 0 aliphatic heterocycles. The van der Waals surface area contributed by atoms with Gasteiger partial charge >= 0.3 is 0 Å². The minimum Gasteiger partial charge on any atom is -0.0619 e. The summed E-state index contributed by atoms with van der Waals surface area (Å²) in [6.45, 7) is 4.79. The van der Waals surface area contributed by atoms with E-state index in [9.17, 15) is 0 Å². The van der Waals surface area contributed by atoms with E-state index in [0.717, 1.165) is 0 Å². The molecule has 0 heterocycles. The molecule has 0 fully saturated rings. The lowest BCUT2D eigenvalue weighted by Crippen LogP contribution is -2.15. The average Bonchev–Trinajstić information content (AvgIpc) is 3.46. The quantitative estimate of drug-likeness (QED) is 0.129. The lowest BCUT2D eigenvalue weighted by Gasteiger charge is -2.24. The second-order valence-corrected chi connectivity index (χ2v) is 15.2. The van der Waals surface area contributed by atoms with Crippen molar-refractivity contribution in [2.45, 2.75) is 19.3 Å². The first kappa shape index (κ1) is 30.2. The number of hydrogen-bond acceptors (Lipinski definition) is 0. The van der Waals surface area contributed by atoms with E-state index in [2.05, 4.69) is 196 Å². The van der Waals surface area contributed by atoms with E-state index in [1.54, 1.807) is 0 Å². The Hall–Kier alpha value is -6.50. The van der Waals surface area contributed by atoms with Crippen molar-refractivity contribution in [1.82, 2.24) is 0 Å². The SMILES string of the molecule is CC1(C)c2ccccc2-c2c1c1ccc(-c3c4ccccc4c(-c4cccc(-c5ccc6ccccc6c5)c4)c4ccccc34)cc1c1ccccc21. The summed E-state index contributed by atoms with van der Waals surface area (Å²) in [6, 6.07) is 67.8. The van der Waals surface area contributed by atoms with Crippen LogP contribution in [0.1, 0.15) is 25.0 Å². The Morgan fingerprint density at radius 1 is 0.302 bits per heavy atom. The van der Waals surface area contributed by atoms with Crippen molar-refractivity contribution in [3.8, 4) is 44.5 Å². The van der Waals surface area contributed by atoms with Crippen LogP contribution >= 0.6 is 0 Å². The van der Waals surface area contributed by atoms with E-state index in [1.165, 1.54) is 109 Å². The van der Waals surface area contributed by atoms with Crippen LogP contribution in [0.5, 0.6) is 0 Å².